The minimum atomic E-state index is -0.267. The van der Waals surface area contributed by atoms with Crippen LogP contribution in [0, 0.1) is 11.3 Å². The zero-order chi connectivity index (χ0) is 16.1. The molecule has 0 amide bonds. The molecule has 0 unspecified atom stereocenters. The molecule has 1 aromatic heterocycles. The molecule has 1 heterocycles. The number of halogens is 2. The van der Waals surface area contributed by atoms with Gasteiger partial charge < -0.3 is 9.30 Å². The normalized spacial score (nSPS) is 10.3. The smallest absolute Gasteiger partial charge is 0.307 e. The summed E-state index contributed by atoms with van der Waals surface area (Å²) in [7, 11) is 0. The van der Waals surface area contributed by atoms with Gasteiger partial charge in [0, 0.05) is 30.1 Å². The van der Waals surface area contributed by atoms with E-state index in [9.17, 15) is 10.1 Å². The molecule has 0 aliphatic rings. The van der Waals surface area contributed by atoms with E-state index in [2.05, 4.69) is 6.07 Å². The lowest BCUT2D eigenvalue weighted by molar-refractivity contribution is -0.143. The lowest BCUT2D eigenvalue weighted by Crippen LogP contribution is -2.07. The van der Waals surface area contributed by atoms with Crippen molar-refractivity contribution in [2.45, 2.75) is 19.9 Å². The number of nitrogens with zero attached hydrogens (tertiary/aromatic N) is 2. The molecule has 0 atom stereocenters. The standard InChI is InChI=1S/C16H14Cl2N2O2/c1-2-22-15(21)6-7-20-9-11(8-19)13(10-20)12-4-3-5-14(17)16(12)18/h3-5,9-10H,2,6-7H2,1H3. The van der Waals surface area contributed by atoms with E-state index in [1.807, 2.05) is 0 Å². The average Bonchev–Trinajstić information content (AvgIpc) is 2.91. The van der Waals surface area contributed by atoms with Crippen molar-refractivity contribution in [1.82, 2.24) is 4.57 Å². The van der Waals surface area contributed by atoms with Crippen molar-refractivity contribution < 1.29 is 9.53 Å². The van der Waals surface area contributed by atoms with Crippen LogP contribution in [0.4, 0.5) is 0 Å². The van der Waals surface area contributed by atoms with E-state index in [1.54, 1.807) is 42.1 Å². The number of aryl methyl sites for hydroxylation is 1. The van der Waals surface area contributed by atoms with Crippen LogP contribution < -0.4 is 0 Å². The molecule has 0 N–H and O–H groups in total. The van der Waals surface area contributed by atoms with Crippen LogP contribution in [-0.2, 0) is 16.1 Å². The third kappa shape index (κ3) is 3.62. The van der Waals surface area contributed by atoms with Crippen LogP contribution in [0.3, 0.4) is 0 Å². The Hall–Kier alpha value is -1.96. The van der Waals surface area contributed by atoms with Gasteiger partial charge in [-0.05, 0) is 13.0 Å². The zero-order valence-electron chi connectivity index (χ0n) is 12.0. The summed E-state index contributed by atoms with van der Waals surface area (Å²) in [5.41, 5.74) is 1.87. The summed E-state index contributed by atoms with van der Waals surface area (Å²) < 4.78 is 6.67. The summed E-state index contributed by atoms with van der Waals surface area (Å²) in [6.45, 7) is 2.56. The fourth-order valence-electron chi connectivity index (χ4n) is 2.11. The Kier molecular flexibility index (Phi) is 5.48. The monoisotopic (exact) mass is 336 g/mol. The largest absolute Gasteiger partial charge is 0.466 e. The molecule has 2 aromatic rings. The van der Waals surface area contributed by atoms with Gasteiger partial charge in [0.25, 0.3) is 0 Å². The second-order valence-corrected chi connectivity index (χ2v) is 5.38. The Morgan fingerprint density at radius 3 is 2.77 bits per heavy atom. The Morgan fingerprint density at radius 2 is 2.09 bits per heavy atom. The van der Waals surface area contributed by atoms with Crippen LogP contribution in [-0.4, -0.2) is 17.1 Å². The first kappa shape index (κ1) is 16.4. The summed E-state index contributed by atoms with van der Waals surface area (Å²) in [4.78, 5) is 11.4. The van der Waals surface area contributed by atoms with Gasteiger partial charge in [-0.3, -0.25) is 4.79 Å². The Morgan fingerprint density at radius 1 is 1.32 bits per heavy atom. The number of carbonyl (C=O) groups is 1. The molecule has 0 aliphatic carbocycles. The molecule has 0 aliphatic heterocycles. The molecule has 0 saturated carbocycles. The predicted molar refractivity (Wildman–Crippen MR) is 85.9 cm³/mol. The summed E-state index contributed by atoms with van der Waals surface area (Å²) >= 11 is 12.2. The van der Waals surface area contributed by atoms with Crippen molar-refractivity contribution in [2.24, 2.45) is 0 Å². The highest BCUT2D eigenvalue weighted by atomic mass is 35.5. The van der Waals surface area contributed by atoms with Crippen molar-refractivity contribution in [2.75, 3.05) is 6.61 Å². The van der Waals surface area contributed by atoms with Crippen molar-refractivity contribution in [3.63, 3.8) is 0 Å². The molecule has 0 fully saturated rings. The van der Waals surface area contributed by atoms with Crippen LogP contribution >= 0.6 is 23.2 Å². The Labute approximate surface area is 138 Å². The number of esters is 1. The second-order valence-electron chi connectivity index (χ2n) is 4.59. The van der Waals surface area contributed by atoms with Gasteiger partial charge in [-0.1, -0.05) is 35.3 Å². The fraction of sp³-hybridized carbons (Fsp3) is 0.250. The molecule has 22 heavy (non-hydrogen) atoms. The molecular formula is C16H14Cl2N2O2. The number of hydrogen-bond donors (Lipinski definition) is 0. The quantitative estimate of drug-likeness (QED) is 0.765. The average molecular weight is 337 g/mol. The fourth-order valence-corrected chi connectivity index (χ4v) is 2.51. The number of nitriles is 1. The van der Waals surface area contributed by atoms with E-state index in [-0.39, 0.29) is 12.4 Å². The number of carbonyl (C=O) groups excluding carboxylic acids is 1. The first-order valence-corrected chi connectivity index (χ1v) is 7.52. The summed E-state index contributed by atoms with van der Waals surface area (Å²) in [6, 6.07) is 7.41. The van der Waals surface area contributed by atoms with Gasteiger partial charge in [0.2, 0.25) is 0 Å². The van der Waals surface area contributed by atoms with Gasteiger partial charge in [0.1, 0.15) is 6.07 Å². The molecule has 1 aromatic carbocycles. The highest BCUT2D eigenvalue weighted by molar-refractivity contribution is 6.43. The van der Waals surface area contributed by atoms with Crippen LogP contribution in [0.15, 0.2) is 30.6 Å². The zero-order valence-corrected chi connectivity index (χ0v) is 13.5. The Bertz CT molecular complexity index is 732. The highest BCUT2D eigenvalue weighted by Gasteiger charge is 2.14. The third-order valence-electron chi connectivity index (χ3n) is 3.12. The van der Waals surface area contributed by atoms with E-state index in [0.717, 1.165) is 0 Å². The topological polar surface area (TPSA) is 55.0 Å². The third-order valence-corrected chi connectivity index (χ3v) is 3.94. The maximum atomic E-state index is 11.4. The van der Waals surface area contributed by atoms with E-state index in [1.165, 1.54) is 0 Å². The number of ether oxygens (including phenoxy) is 1. The number of rotatable bonds is 5. The molecule has 114 valence electrons. The van der Waals surface area contributed by atoms with Crippen LogP contribution in [0.1, 0.15) is 18.9 Å². The van der Waals surface area contributed by atoms with Crippen molar-refractivity contribution in [3.8, 4) is 17.2 Å². The van der Waals surface area contributed by atoms with Gasteiger partial charge in [-0.25, -0.2) is 0 Å². The lowest BCUT2D eigenvalue weighted by Gasteiger charge is -2.05. The number of hydrogen-bond acceptors (Lipinski definition) is 3. The minimum Gasteiger partial charge on any atom is -0.466 e. The van der Waals surface area contributed by atoms with Crippen LogP contribution in [0.25, 0.3) is 11.1 Å². The maximum absolute atomic E-state index is 11.4. The molecule has 0 saturated heterocycles. The van der Waals surface area contributed by atoms with Crippen molar-refractivity contribution in [1.29, 1.82) is 5.26 Å². The highest BCUT2D eigenvalue weighted by Crippen LogP contribution is 2.35. The summed E-state index contributed by atoms with van der Waals surface area (Å²) in [5.74, 6) is -0.267. The van der Waals surface area contributed by atoms with Crippen molar-refractivity contribution >= 4 is 29.2 Å². The van der Waals surface area contributed by atoms with Gasteiger partial charge in [0.05, 0.1) is 28.6 Å². The van der Waals surface area contributed by atoms with E-state index >= 15 is 0 Å². The SMILES string of the molecule is CCOC(=O)CCn1cc(C#N)c(-c2cccc(Cl)c2Cl)c1. The molecule has 0 bridgehead atoms. The lowest BCUT2D eigenvalue weighted by atomic mass is 10.1. The van der Waals surface area contributed by atoms with Crippen molar-refractivity contribution in [3.05, 3.63) is 46.2 Å². The van der Waals surface area contributed by atoms with Gasteiger partial charge in [-0.2, -0.15) is 5.26 Å². The van der Waals surface area contributed by atoms with Gasteiger partial charge in [-0.15, -0.1) is 0 Å². The minimum absolute atomic E-state index is 0.246. The summed E-state index contributed by atoms with van der Waals surface area (Å²) in [5, 5.41) is 10.1. The predicted octanol–water partition coefficient (Wildman–Crippen LogP) is 4.29. The van der Waals surface area contributed by atoms with Gasteiger partial charge in [0.15, 0.2) is 0 Å². The number of benzene rings is 1. The van der Waals surface area contributed by atoms with E-state index in [4.69, 9.17) is 27.9 Å². The summed E-state index contributed by atoms with van der Waals surface area (Å²) in [6.07, 6.45) is 3.72. The molecular weight excluding hydrogens is 323 g/mol. The van der Waals surface area contributed by atoms with Crippen LogP contribution in [0.5, 0.6) is 0 Å². The van der Waals surface area contributed by atoms with Crippen LogP contribution in [0.2, 0.25) is 10.0 Å². The first-order valence-electron chi connectivity index (χ1n) is 6.76. The maximum Gasteiger partial charge on any atom is 0.307 e. The molecule has 6 heteroatoms. The Balaban J connectivity index is 2.28. The molecule has 0 spiro atoms. The second kappa shape index (κ2) is 7.35. The molecule has 4 nitrogen and oxygen atoms in total. The molecule has 2 rings (SSSR count). The van der Waals surface area contributed by atoms with E-state index in [0.29, 0.717) is 39.9 Å². The van der Waals surface area contributed by atoms with Gasteiger partial charge >= 0.3 is 5.97 Å². The first-order chi connectivity index (χ1) is 10.6. The molecule has 0 radical (unpaired) electrons. The van der Waals surface area contributed by atoms with E-state index < -0.39 is 0 Å². The number of aromatic nitrogens is 1.